The van der Waals surface area contributed by atoms with Crippen molar-refractivity contribution in [1.29, 1.82) is 0 Å². The van der Waals surface area contributed by atoms with E-state index >= 15 is 0 Å². The number of likely N-dealkylation sites (tertiary alicyclic amines) is 1. The van der Waals surface area contributed by atoms with Crippen molar-refractivity contribution in [2.45, 2.75) is 58.2 Å². The zero-order valence-corrected chi connectivity index (χ0v) is 21.9. The Balaban J connectivity index is 1.52. The summed E-state index contributed by atoms with van der Waals surface area (Å²) in [6, 6.07) is 21.7. The van der Waals surface area contributed by atoms with E-state index < -0.39 is 17.7 Å². The van der Waals surface area contributed by atoms with Crippen LogP contribution in [-0.2, 0) is 22.6 Å². The maximum Gasteiger partial charge on any atom is 0.295 e. The highest BCUT2D eigenvalue weighted by Crippen LogP contribution is 2.41. The standard InChI is InChI=1S/C32H33NO5/c1-3-4-8-17-37-26-14-11-23(12-15-26)29-28(30(34)24-13-16-27-25(19-24)18-21(2)38-27)31(35)32(36)33(29)20-22-9-6-5-7-10-22/h5-7,9-16,19,21,29,34H,3-4,8,17-18,20H2,1-2H3. The summed E-state index contributed by atoms with van der Waals surface area (Å²) in [5.74, 6) is 0.0280. The van der Waals surface area contributed by atoms with Crippen molar-refractivity contribution < 1.29 is 24.2 Å². The van der Waals surface area contributed by atoms with Crippen LogP contribution < -0.4 is 9.47 Å². The third kappa shape index (κ3) is 5.17. The number of fused-ring (bicyclic) bond motifs is 1. The third-order valence-electron chi connectivity index (χ3n) is 7.12. The van der Waals surface area contributed by atoms with Crippen LogP contribution in [0.1, 0.15) is 61.4 Å². The number of ether oxygens (including phenoxy) is 2. The molecule has 1 saturated heterocycles. The van der Waals surface area contributed by atoms with Gasteiger partial charge in [-0.3, -0.25) is 9.59 Å². The number of aliphatic hydroxyl groups excluding tert-OH is 1. The van der Waals surface area contributed by atoms with Gasteiger partial charge in [0.05, 0.1) is 18.2 Å². The number of rotatable bonds is 9. The number of carbonyl (C=O) groups excluding carboxylic acids is 2. The first-order valence-corrected chi connectivity index (χ1v) is 13.3. The first-order chi connectivity index (χ1) is 18.5. The number of ketones is 1. The van der Waals surface area contributed by atoms with E-state index in [-0.39, 0.29) is 24.0 Å². The monoisotopic (exact) mass is 511 g/mol. The van der Waals surface area contributed by atoms with Gasteiger partial charge >= 0.3 is 0 Å². The molecule has 6 nitrogen and oxygen atoms in total. The minimum atomic E-state index is -0.729. The molecule has 3 aromatic carbocycles. The SMILES string of the molecule is CCCCCOc1ccc(C2C(=C(O)c3ccc4c(c3)CC(C)O4)C(=O)C(=O)N2Cc2ccccc2)cc1. The van der Waals surface area contributed by atoms with Crippen molar-refractivity contribution in [2.24, 2.45) is 0 Å². The molecule has 6 heteroatoms. The lowest BCUT2D eigenvalue weighted by Crippen LogP contribution is -2.29. The highest BCUT2D eigenvalue weighted by Gasteiger charge is 2.46. The summed E-state index contributed by atoms with van der Waals surface area (Å²) in [6.45, 7) is 5.03. The predicted octanol–water partition coefficient (Wildman–Crippen LogP) is 6.20. The molecule has 0 radical (unpaired) electrons. The zero-order valence-electron chi connectivity index (χ0n) is 21.9. The lowest BCUT2D eigenvalue weighted by Gasteiger charge is -2.25. The highest BCUT2D eigenvalue weighted by molar-refractivity contribution is 6.46. The van der Waals surface area contributed by atoms with Crippen molar-refractivity contribution >= 4 is 17.4 Å². The van der Waals surface area contributed by atoms with Gasteiger partial charge in [-0.05, 0) is 60.4 Å². The Labute approximate surface area is 223 Å². The van der Waals surface area contributed by atoms with E-state index in [1.54, 1.807) is 11.0 Å². The van der Waals surface area contributed by atoms with E-state index in [0.717, 1.165) is 53.9 Å². The molecule has 0 spiro atoms. The molecule has 2 heterocycles. The van der Waals surface area contributed by atoms with Gasteiger partial charge in [0.15, 0.2) is 0 Å². The third-order valence-corrected chi connectivity index (χ3v) is 7.12. The Kier molecular flexibility index (Phi) is 7.50. The molecule has 1 amide bonds. The van der Waals surface area contributed by atoms with Crippen LogP contribution in [0, 0.1) is 0 Å². The average Bonchev–Trinajstić information content (AvgIpc) is 3.43. The molecule has 0 aromatic heterocycles. The molecule has 0 bridgehead atoms. The van der Waals surface area contributed by atoms with Gasteiger partial charge in [-0.25, -0.2) is 0 Å². The molecule has 1 N–H and O–H groups in total. The molecule has 38 heavy (non-hydrogen) atoms. The molecule has 5 rings (SSSR count). The van der Waals surface area contributed by atoms with E-state index in [2.05, 4.69) is 6.92 Å². The van der Waals surface area contributed by atoms with E-state index in [9.17, 15) is 14.7 Å². The highest BCUT2D eigenvalue weighted by atomic mass is 16.5. The average molecular weight is 512 g/mol. The summed E-state index contributed by atoms with van der Waals surface area (Å²) in [6.07, 6.45) is 4.00. The molecule has 1 fully saturated rings. The van der Waals surface area contributed by atoms with Gasteiger partial charge in [0.25, 0.3) is 11.7 Å². The van der Waals surface area contributed by atoms with E-state index in [1.807, 2.05) is 73.7 Å². The lowest BCUT2D eigenvalue weighted by atomic mass is 9.94. The van der Waals surface area contributed by atoms with Gasteiger partial charge in [-0.2, -0.15) is 0 Å². The number of nitrogens with zero attached hydrogens (tertiary/aromatic N) is 1. The lowest BCUT2D eigenvalue weighted by molar-refractivity contribution is -0.140. The Morgan fingerprint density at radius 2 is 1.79 bits per heavy atom. The normalized spacial score (nSPS) is 19.9. The van der Waals surface area contributed by atoms with Crippen molar-refractivity contribution in [2.75, 3.05) is 6.61 Å². The van der Waals surface area contributed by atoms with Crippen molar-refractivity contribution in [3.05, 3.63) is 101 Å². The Bertz CT molecular complexity index is 1350. The molecule has 0 saturated carbocycles. The number of Topliss-reactive ketones (excluding diaryl/α,β-unsaturated/α-hetero) is 1. The first-order valence-electron chi connectivity index (χ1n) is 13.3. The van der Waals surface area contributed by atoms with Crippen molar-refractivity contribution in [3.8, 4) is 11.5 Å². The summed E-state index contributed by atoms with van der Waals surface area (Å²) in [7, 11) is 0. The maximum atomic E-state index is 13.4. The summed E-state index contributed by atoms with van der Waals surface area (Å²) >= 11 is 0. The minimum absolute atomic E-state index is 0.0570. The fourth-order valence-electron chi connectivity index (χ4n) is 5.18. The topological polar surface area (TPSA) is 76.1 Å². The van der Waals surface area contributed by atoms with Gasteiger partial charge < -0.3 is 19.5 Å². The van der Waals surface area contributed by atoms with Gasteiger partial charge in [0.1, 0.15) is 23.4 Å². The summed E-state index contributed by atoms with van der Waals surface area (Å²) < 4.78 is 11.7. The van der Waals surface area contributed by atoms with Crippen LogP contribution in [-0.4, -0.2) is 34.4 Å². The van der Waals surface area contributed by atoms with Crippen molar-refractivity contribution in [1.82, 2.24) is 4.90 Å². The molecule has 0 aliphatic carbocycles. The second kappa shape index (κ2) is 11.1. The largest absolute Gasteiger partial charge is 0.507 e. The number of unbranched alkanes of at least 4 members (excludes halogenated alkanes) is 2. The van der Waals surface area contributed by atoms with E-state index in [4.69, 9.17) is 9.47 Å². The molecule has 196 valence electrons. The van der Waals surface area contributed by atoms with Gasteiger partial charge in [0, 0.05) is 18.5 Å². The number of aliphatic hydroxyl groups is 1. The van der Waals surface area contributed by atoms with Gasteiger partial charge in [0.2, 0.25) is 0 Å². The Morgan fingerprint density at radius 1 is 1.03 bits per heavy atom. The smallest absolute Gasteiger partial charge is 0.295 e. The predicted molar refractivity (Wildman–Crippen MR) is 146 cm³/mol. The second-order valence-electron chi connectivity index (χ2n) is 9.99. The molecule has 3 aromatic rings. The number of amides is 1. The van der Waals surface area contributed by atoms with Crippen LogP contribution in [0.15, 0.2) is 78.4 Å². The summed E-state index contributed by atoms with van der Waals surface area (Å²) in [4.78, 5) is 28.3. The first kappa shape index (κ1) is 25.6. The molecule has 2 unspecified atom stereocenters. The molecule has 2 aliphatic heterocycles. The fourth-order valence-corrected chi connectivity index (χ4v) is 5.18. The van der Waals surface area contributed by atoms with E-state index in [1.165, 1.54) is 0 Å². The number of hydrogen-bond donors (Lipinski definition) is 1. The minimum Gasteiger partial charge on any atom is -0.507 e. The zero-order chi connectivity index (χ0) is 26.6. The quantitative estimate of drug-likeness (QED) is 0.160. The van der Waals surface area contributed by atoms with Crippen molar-refractivity contribution in [3.63, 3.8) is 0 Å². The van der Waals surface area contributed by atoms with Crippen LogP contribution in [0.5, 0.6) is 11.5 Å². The van der Waals surface area contributed by atoms with Crippen LogP contribution in [0.4, 0.5) is 0 Å². The van der Waals surface area contributed by atoms with Crippen LogP contribution in [0.3, 0.4) is 0 Å². The molecular formula is C32H33NO5. The number of benzene rings is 3. The van der Waals surface area contributed by atoms with E-state index in [0.29, 0.717) is 12.2 Å². The molecule has 2 atom stereocenters. The van der Waals surface area contributed by atoms with Gasteiger partial charge in [-0.15, -0.1) is 0 Å². The molecular weight excluding hydrogens is 478 g/mol. The van der Waals surface area contributed by atoms with Crippen LogP contribution >= 0.6 is 0 Å². The molecule has 2 aliphatic rings. The summed E-state index contributed by atoms with van der Waals surface area (Å²) in [5, 5.41) is 11.5. The number of hydrogen-bond acceptors (Lipinski definition) is 5. The Hall–Kier alpha value is -4.06. The Morgan fingerprint density at radius 3 is 2.53 bits per heavy atom. The van der Waals surface area contributed by atoms with Gasteiger partial charge in [-0.1, -0.05) is 62.2 Å². The fraction of sp³-hybridized carbons (Fsp3) is 0.312. The second-order valence-corrected chi connectivity index (χ2v) is 9.99. The van der Waals surface area contributed by atoms with Crippen LogP contribution in [0.2, 0.25) is 0 Å². The summed E-state index contributed by atoms with van der Waals surface area (Å²) in [5.41, 5.74) is 3.20. The number of carbonyl (C=O) groups is 2. The maximum absolute atomic E-state index is 13.4. The van der Waals surface area contributed by atoms with Crippen LogP contribution in [0.25, 0.3) is 5.76 Å².